The van der Waals surface area contributed by atoms with E-state index in [1.165, 1.54) is 7.05 Å². The van der Waals surface area contributed by atoms with Crippen molar-refractivity contribution in [1.82, 2.24) is 5.06 Å². The van der Waals surface area contributed by atoms with Gasteiger partial charge in [-0.25, -0.2) is 5.06 Å². The summed E-state index contributed by atoms with van der Waals surface area (Å²) in [4.78, 5) is 10.5. The molecule has 0 saturated heterocycles. The summed E-state index contributed by atoms with van der Waals surface area (Å²) < 4.78 is 0. The van der Waals surface area contributed by atoms with E-state index >= 15 is 0 Å². The fourth-order valence-electron chi connectivity index (χ4n) is 0.392. The van der Waals surface area contributed by atoms with Crippen molar-refractivity contribution < 1.29 is 15.1 Å². The second-order valence-corrected chi connectivity index (χ2v) is 1.74. The molecule has 0 aliphatic carbocycles. The van der Waals surface area contributed by atoms with Gasteiger partial charge in [0.25, 0.3) is 0 Å². The lowest BCUT2D eigenvalue weighted by Crippen LogP contribution is -2.22. The summed E-state index contributed by atoms with van der Waals surface area (Å²) in [7, 11) is 1.26. The van der Waals surface area contributed by atoms with Crippen LogP contribution >= 0.6 is 0 Å². The third-order valence-electron chi connectivity index (χ3n) is 0.910. The summed E-state index contributed by atoms with van der Waals surface area (Å²) in [5.74, 6) is -0.371. The fraction of sp³-hybridized carbons (Fsp3) is 0.800. The second-order valence-electron chi connectivity index (χ2n) is 1.74. The van der Waals surface area contributed by atoms with Gasteiger partial charge in [-0.05, 0) is 6.42 Å². The van der Waals surface area contributed by atoms with Gasteiger partial charge in [0.15, 0.2) is 0 Å². The third kappa shape index (κ3) is 3.93. The summed E-state index contributed by atoms with van der Waals surface area (Å²) in [5.41, 5.74) is 0. The van der Waals surface area contributed by atoms with Crippen molar-refractivity contribution in [3.63, 3.8) is 0 Å². The predicted molar refractivity (Wildman–Crippen MR) is 30.9 cm³/mol. The van der Waals surface area contributed by atoms with E-state index < -0.39 is 0 Å². The lowest BCUT2D eigenvalue weighted by atomic mass is 10.3. The Hall–Kier alpha value is -0.610. The molecule has 0 aromatic carbocycles. The van der Waals surface area contributed by atoms with Crippen LogP contribution in [0.1, 0.15) is 12.8 Å². The first kappa shape index (κ1) is 8.39. The number of nitrogens with zero attached hydrogens (tertiary/aromatic N) is 1. The van der Waals surface area contributed by atoms with E-state index in [-0.39, 0.29) is 18.9 Å². The summed E-state index contributed by atoms with van der Waals surface area (Å²) in [5, 5.41) is 17.2. The molecule has 4 nitrogen and oxygen atoms in total. The van der Waals surface area contributed by atoms with Gasteiger partial charge in [0, 0.05) is 20.1 Å². The Labute approximate surface area is 53.7 Å². The number of aliphatic hydroxyl groups excluding tert-OH is 1. The number of amides is 1. The molecule has 0 aromatic rings. The van der Waals surface area contributed by atoms with E-state index in [9.17, 15) is 4.79 Å². The number of aliphatic hydroxyl groups is 1. The zero-order valence-corrected chi connectivity index (χ0v) is 5.37. The first-order valence-electron chi connectivity index (χ1n) is 2.74. The molecule has 0 rings (SSSR count). The van der Waals surface area contributed by atoms with Gasteiger partial charge in [-0.15, -0.1) is 0 Å². The molecule has 9 heavy (non-hydrogen) atoms. The molecule has 0 heterocycles. The Morgan fingerprint density at radius 1 is 1.67 bits per heavy atom. The van der Waals surface area contributed by atoms with Gasteiger partial charge in [-0.3, -0.25) is 10.0 Å². The summed E-state index contributed by atoms with van der Waals surface area (Å²) in [6, 6.07) is 0. The van der Waals surface area contributed by atoms with Crippen molar-refractivity contribution in [1.29, 1.82) is 0 Å². The molecule has 0 saturated carbocycles. The van der Waals surface area contributed by atoms with E-state index in [0.29, 0.717) is 11.5 Å². The maximum Gasteiger partial charge on any atom is 0.245 e. The normalized spacial score (nSPS) is 9.22. The summed E-state index contributed by atoms with van der Waals surface area (Å²) in [6.45, 7) is -0.0143. The highest BCUT2D eigenvalue weighted by molar-refractivity contribution is 5.74. The molecule has 54 valence electrons. The van der Waals surface area contributed by atoms with Crippen molar-refractivity contribution >= 4 is 5.91 Å². The first-order chi connectivity index (χ1) is 4.18. The minimum absolute atomic E-state index is 0.0143. The summed E-state index contributed by atoms with van der Waals surface area (Å²) in [6.07, 6.45) is 0.604. The Morgan fingerprint density at radius 3 is 2.56 bits per heavy atom. The Kier molecular flexibility index (Phi) is 4.00. The van der Waals surface area contributed by atoms with Gasteiger partial charge >= 0.3 is 0 Å². The number of rotatable bonds is 3. The van der Waals surface area contributed by atoms with Gasteiger partial charge in [0.05, 0.1) is 0 Å². The van der Waals surface area contributed by atoms with Gasteiger partial charge in [-0.2, -0.15) is 0 Å². The van der Waals surface area contributed by atoms with Crippen LogP contribution in [0.5, 0.6) is 0 Å². The molecule has 0 aromatic heterocycles. The molecule has 0 radical (unpaired) electrons. The maximum absolute atomic E-state index is 10.5. The SMILES string of the molecule is CN(O)C(=O)CCCO. The molecule has 0 bridgehead atoms. The van der Waals surface area contributed by atoms with E-state index in [1.807, 2.05) is 0 Å². The average molecular weight is 133 g/mol. The minimum atomic E-state index is -0.371. The quantitative estimate of drug-likeness (QED) is 0.407. The monoisotopic (exact) mass is 133 g/mol. The average Bonchev–Trinajstić information content (AvgIpc) is 1.82. The molecule has 1 amide bonds. The van der Waals surface area contributed by atoms with Crippen LogP contribution in [0.4, 0.5) is 0 Å². The predicted octanol–water partition coefficient (Wildman–Crippen LogP) is -0.394. The van der Waals surface area contributed by atoms with Crippen molar-refractivity contribution in [2.75, 3.05) is 13.7 Å². The van der Waals surface area contributed by atoms with Crippen LogP contribution in [0, 0.1) is 0 Å². The van der Waals surface area contributed by atoms with Crippen LogP contribution in [0.3, 0.4) is 0 Å². The van der Waals surface area contributed by atoms with E-state index in [4.69, 9.17) is 10.3 Å². The zero-order chi connectivity index (χ0) is 7.28. The molecule has 0 atom stereocenters. The molecular weight excluding hydrogens is 122 g/mol. The van der Waals surface area contributed by atoms with Gasteiger partial charge in [-0.1, -0.05) is 0 Å². The standard InChI is InChI=1S/C5H11NO3/c1-6(9)5(8)3-2-4-7/h7,9H,2-4H2,1H3. The van der Waals surface area contributed by atoms with Crippen LogP contribution in [-0.4, -0.2) is 34.9 Å². The Balaban J connectivity index is 3.28. The topological polar surface area (TPSA) is 60.8 Å². The third-order valence-corrected chi connectivity index (χ3v) is 0.910. The molecule has 0 spiro atoms. The summed E-state index contributed by atoms with van der Waals surface area (Å²) >= 11 is 0. The smallest absolute Gasteiger partial charge is 0.245 e. The largest absolute Gasteiger partial charge is 0.396 e. The molecule has 4 heteroatoms. The first-order valence-corrected chi connectivity index (χ1v) is 2.74. The van der Waals surface area contributed by atoms with Gasteiger partial charge in [0.1, 0.15) is 0 Å². The van der Waals surface area contributed by atoms with Gasteiger partial charge < -0.3 is 5.11 Å². The lowest BCUT2D eigenvalue weighted by molar-refractivity contribution is -0.159. The number of carbonyl (C=O) groups excluding carboxylic acids is 1. The highest BCUT2D eigenvalue weighted by Crippen LogP contribution is 1.90. The van der Waals surface area contributed by atoms with Crippen LogP contribution in [0.2, 0.25) is 0 Å². The van der Waals surface area contributed by atoms with E-state index in [0.717, 1.165) is 0 Å². The van der Waals surface area contributed by atoms with E-state index in [1.54, 1.807) is 0 Å². The number of carbonyl (C=O) groups is 1. The van der Waals surface area contributed by atoms with Crippen LogP contribution in [0.15, 0.2) is 0 Å². The lowest BCUT2D eigenvalue weighted by Gasteiger charge is -2.05. The molecule has 0 fully saturated rings. The Bertz CT molecular complexity index is 92.2. The Morgan fingerprint density at radius 2 is 2.22 bits per heavy atom. The van der Waals surface area contributed by atoms with Crippen molar-refractivity contribution in [2.45, 2.75) is 12.8 Å². The number of hydrogen-bond donors (Lipinski definition) is 2. The molecule has 0 unspecified atom stereocenters. The number of hydrogen-bond acceptors (Lipinski definition) is 3. The van der Waals surface area contributed by atoms with E-state index in [2.05, 4.69) is 0 Å². The van der Waals surface area contributed by atoms with Gasteiger partial charge in [0.2, 0.25) is 5.91 Å². The molecule has 0 aliphatic heterocycles. The minimum Gasteiger partial charge on any atom is -0.396 e. The fourth-order valence-corrected chi connectivity index (χ4v) is 0.392. The highest BCUT2D eigenvalue weighted by Gasteiger charge is 2.02. The molecule has 2 N–H and O–H groups in total. The second kappa shape index (κ2) is 4.29. The van der Waals surface area contributed by atoms with Crippen LogP contribution in [-0.2, 0) is 4.79 Å². The maximum atomic E-state index is 10.5. The van der Waals surface area contributed by atoms with Crippen LogP contribution < -0.4 is 0 Å². The molecular formula is C5H11NO3. The van der Waals surface area contributed by atoms with Crippen molar-refractivity contribution in [2.24, 2.45) is 0 Å². The van der Waals surface area contributed by atoms with Crippen LogP contribution in [0.25, 0.3) is 0 Å². The molecule has 0 aliphatic rings. The zero-order valence-electron chi connectivity index (χ0n) is 5.37. The highest BCUT2D eigenvalue weighted by atomic mass is 16.5. The number of hydroxylamine groups is 2. The van der Waals surface area contributed by atoms with Crippen molar-refractivity contribution in [3.8, 4) is 0 Å². The van der Waals surface area contributed by atoms with Crippen molar-refractivity contribution in [3.05, 3.63) is 0 Å².